The summed E-state index contributed by atoms with van der Waals surface area (Å²) in [7, 11) is 0. The molecule has 4 nitrogen and oxygen atoms in total. The molecule has 0 amide bonds. The van der Waals surface area contributed by atoms with Crippen molar-refractivity contribution in [3.8, 4) is 0 Å². The van der Waals surface area contributed by atoms with Crippen molar-refractivity contribution >= 4 is 0 Å². The smallest absolute Gasteiger partial charge is 0.0599 e. The molecule has 0 atom stereocenters. The van der Waals surface area contributed by atoms with E-state index in [1.54, 1.807) is 0 Å². The number of hydrogen-bond donors (Lipinski definition) is 1. The number of ether oxygens (including phenoxy) is 2. The molecule has 4 heteroatoms. The van der Waals surface area contributed by atoms with Gasteiger partial charge in [0.05, 0.1) is 6.10 Å². The first-order valence-electron chi connectivity index (χ1n) is 8.90. The Morgan fingerprint density at radius 3 is 2.52 bits per heavy atom. The van der Waals surface area contributed by atoms with Gasteiger partial charge in [0.2, 0.25) is 0 Å². The highest BCUT2D eigenvalue weighted by molar-refractivity contribution is 4.88. The number of nitrogens with zero attached hydrogens (tertiary/aromatic N) is 1. The highest BCUT2D eigenvalue weighted by Gasteiger charge is 2.35. The van der Waals surface area contributed by atoms with Crippen LogP contribution in [-0.4, -0.2) is 63.5 Å². The summed E-state index contributed by atoms with van der Waals surface area (Å²) in [6, 6.07) is 0. The predicted molar refractivity (Wildman–Crippen MR) is 86.7 cm³/mol. The maximum atomic E-state index is 5.77. The fraction of sp³-hybridized carbons (Fsp3) is 1.00. The lowest BCUT2D eigenvalue weighted by Gasteiger charge is -2.43. The largest absolute Gasteiger partial charge is 0.381 e. The maximum Gasteiger partial charge on any atom is 0.0599 e. The second-order valence-corrected chi connectivity index (χ2v) is 6.72. The van der Waals surface area contributed by atoms with Gasteiger partial charge in [0.25, 0.3) is 0 Å². The molecule has 2 saturated heterocycles. The Morgan fingerprint density at radius 2 is 1.90 bits per heavy atom. The lowest BCUT2D eigenvalue weighted by Crippen LogP contribution is -2.50. The predicted octanol–water partition coefficient (Wildman–Crippen LogP) is 2.28. The number of nitrogens with one attached hydrogen (secondary N) is 1. The van der Waals surface area contributed by atoms with Crippen LogP contribution >= 0.6 is 0 Å². The minimum absolute atomic E-state index is 0.422. The van der Waals surface area contributed by atoms with Crippen molar-refractivity contribution in [3.63, 3.8) is 0 Å². The SMILES string of the molecule is CCCNCC1(CN2CCC(OCC)CC2)CCOCC1. The Morgan fingerprint density at radius 1 is 1.19 bits per heavy atom. The highest BCUT2D eigenvalue weighted by atomic mass is 16.5. The zero-order valence-corrected chi connectivity index (χ0v) is 14.0. The second kappa shape index (κ2) is 9.09. The van der Waals surface area contributed by atoms with Crippen molar-refractivity contribution in [1.82, 2.24) is 10.2 Å². The van der Waals surface area contributed by atoms with Crippen molar-refractivity contribution in [2.24, 2.45) is 5.41 Å². The first kappa shape index (κ1) is 17.2. The van der Waals surface area contributed by atoms with Crippen molar-refractivity contribution in [2.75, 3.05) is 52.5 Å². The second-order valence-electron chi connectivity index (χ2n) is 6.72. The Kier molecular flexibility index (Phi) is 7.44. The molecule has 2 heterocycles. The molecule has 124 valence electrons. The third-order valence-electron chi connectivity index (χ3n) is 4.98. The molecule has 21 heavy (non-hydrogen) atoms. The van der Waals surface area contributed by atoms with Gasteiger partial charge in [-0.15, -0.1) is 0 Å². The highest BCUT2D eigenvalue weighted by Crippen LogP contribution is 2.32. The normalized spacial score (nSPS) is 24.3. The lowest BCUT2D eigenvalue weighted by molar-refractivity contribution is -0.0268. The van der Waals surface area contributed by atoms with Crippen molar-refractivity contribution in [2.45, 2.75) is 52.1 Å². The minimum Gasteiger partial charge on any atom is -0.381 e. The molecule has 0 radical (unpaired) electrons. The fourth-order valence-corrected chi connectivity index (χ4v) is 3.67. The summed E-state index contributed by atoms with van der Waals surface area (Å²) >= 11 is 0. The van der Waals surface area contributed by atoms with Crippen molar-refractivity contribution in [1.29, 1.82) is 0 Å². The molecule has 1 N–H and O–H groups in total. The van der Waals surface area contributed by atoms with Crippen LogP contribution in [0.2, 0.25) is 0 Å². The average molecular weight is 298 g/mol. The quantitative estimate of drug-likeness (QED) is 0.697. The number of piperidine rings is 1. The average Bonchev–Trinajstić information content (AvgIpc) is 2.51. The Labute approximate surface area is 130 Å². The molecule has 0 unspecified atom stereocenters. The topological polar surface area (TPSA) is 33.7 Å². The van der Waals surface area contributed by atoms with E-state index in [1.165, 1.54) is 51.7 Å². The van der Waals surface area contributed by atoms with Crippen LogP contribution in [0.1, 0.15) is 46.0 Å². The summed E-state index contributed by atoms with van der Waals surface area (Å²) in [4.78, 5) is 2.66. The summed E-state index contributed by atoms with van der Waals surface area (Å²) in [6.07, 6.45) is 6.51. The van der Waals surface area contributed by atoms with E-state index in [2.05, 4.69) is 24.1 Å². The van der Waals surface area contributed by atoms with E-state index in [0.29, 0.717) is 11.5 Å². The van der Waals surface area contributed by atoms with Crippen LogP contribution in [0.5, 0.6) is 0 Å². The summed E-state index contributed by atoms with van der Waals surface area (Å²) in [5.74, 6) is 0. The number of hydrogen-bond acceptors (Lipinski definition) is 4. The zero-order valence-electron chi connectivity index (χ0n) is 14.0. The van der Waals surface area contributed by atoms with E-state index in [1.807, 2.05) is 0 Å². The first-order valence-corrected chi connectivity index (χ1v) is 8.90. The van der Waals surface area contributed by atoms with Gasteiger partial charge < -0.3 is 19.7 Å². The van der Waals surface area contributed by atoms with Crippen LogP contribution in [0.3, 0.4) is 0 Å². The van der Waals surface area contributed by atoms with Crippen LogP contribution in [0, 0.1) is 5.41 Å². The van der Waals surface area contributed by atoms with Gasteiger partial charge in [-0.3, -0.25) is 0 Å². The molecule has 0 aromatic heterocycles. The minimum atomic E-state index is 0.422. The van der Waals surface area contributed by atoms with Gasteiger partial charge in [0.1, 0.15) is 0 Å². The zero-order chi connectivity index (χ0) is 15.0. The van der Waals surface area contributed by atoms with Crippen LogP contribution in [-0.2, 0) is 9.47 Å². The van der Waals surface area contributed by atoms with E-state index >= 15 is 0 Å². The molecule has 0 aromatic carbocycles. The summed E-state index contributed by atoms with van der Waals surface area (Å²) < 4.78 is 11.4. The molecule has 0 aliphatic carbocycles. The maximum absolute atomic E-state index is 5.77. The summed E-state index contributed by atoms with van der Waals surface area (Å²) in [6.45, 7) is 13.0. The molecule has 2 rings (SSSR count). The van der Waals surface area contributed by atoms with Gasteiger partial charge in [0.15, 0.2) is 0 Å². The standard InChI is InChI=1S/C17H34N2O2/c1-3-9-18-14-17(7-12-20-13-8-17)15-19-10-5-16(6-11-19)21-4-2/h16,18H,3-15H2,1-2H3. The third-order valence-corrected chi connectivity index (χ3v) is 4.98. The number of likely N-dealkylation sites (tertiary alicyclic amines) is 1. The van der Waals surface area contributed by atoms with E-state index in [-0.39, 0.29) is 0 Å². The van der Waals surface area contributed by atoms with Gasteiger partial charge in [-0.05, 0) is 51.0 Å². The molecule has 2 aliphatic rings. The van der Waals surface area contributed by atoms with Gasteiger partial charge in [-0.25, -0.2) is 0 Å². The Hall–Kier alpha value is -0.160. The molecule has 2 fully saturated rings. The first-order chi connectivity index (χ1) is 10.3. The van der Waals surface area contributed by atoms with Crippen LogP contribution in [0.25, 0.3) is 0 Å². The van der Waals surface area contributed by atoms with E-state index < -0.39 is 0 Å². The van der Waals surface area contributed by atoms with Crippen molar-refractivity contribution in [3.05, 3.63) is 0 Å². The van der Waals surface area contributed by atoms with Gasteiger partial charge in [-0.2, -0.15) is 0 Å². The molecular weight excluding hydrogens is 264 g/mol. The van der Waals surface area contributed by atoms with E-state index in [9.17, 15) is 0 Å². The fourth-order valence-electron chi connectivity index (χ4n) is 3.67. The van der Waals surface area contributed by atoms with E-state index in [0.717, 1.165) is 32.9 Å². The molecular formula is C17H34N2O2. The third kappa shape index (κ3) is 5.51. The van der Waals surface area contributed by atoms with Gasteiger partial charge in [0, 0.05) is 46.0 Å². The molecule has 2 aliphatic heterocycles. The molecule has 0 saturated carbocycles. The summed E-state index contributed by atoms with van der Waals surface area (Å²) in [5.41, 5.74) is 0.422. The molecule has 0 bridgehead atoms. The van der Waals surface area contributed by atoms with Crippen LogP contribution in [0.15, 0.2) is 0 Å². The van der Waals surface area contributed by atoms with Gasteiger partial charge >= 0.3 is 0 Å². The van der Waals surface area contributed by atoms with Crippen molar-refractivity contribution < 1.29 is 9.47 Å². The lowest BCUT2D eigenvalue weighted by atomic mass is 9.79. The Bertz CT molecular complexity index is 272. The van der Waals surface area contributed by atoms with Gasteiger partial charge in [-0.1, -0.05) is 6.92 Å². The molecule has 0 spiro atoms. The monoisotopic (exact) mass is 298 g/mol. The van der Waals surface area contributed by atoms with E-state index in [4.69, 9.17) is 9.47 Å². The number of rotatable bonds is 8. The molecule has 0 aromatic rings. The Balaban J connectivity index is 1.81. The van der Waals surface area contributed by atoms with Crippen LogP contribution < -0.4 is 5.32 Å². The van der Waals surface area contributed by atoms with Crippen LogP contribution in [0.4, 0.5) is 0 Å². The summed E-state index contributed by atoms with van der Waals surface area (Å²) in [5, 5.41) is 3.66.